The smallest absolute Gasteiger partial charge is 0.146 e. The monoisotopic (exact) mass is 483 g/mol. The van der Waals surface area contributed by atoms with E-state index in [4.69, 9.17) is 4.98 Å². The largest absolute Gasteiger partial charge is 0.309 e. The maximum atomic E-state index is 5.08. The predicted molar refractivity (Wildman–Crippen MR) is 160 cm³/mol. The van der Waals surface area contributed by atoms with Crippen LogP contribution in [0.25, 0.3) is 76.6 Å². The van der Waals surface area contributed by atoms with Gasteiger partial charge in [-0.05, 0) is 53.2 Å². The number of para-hydroxylation sites is 4. The molecule has 0 spiro atoms. The van der Waals surface area contributed by atoms with Crippen molar-refractivity contribution in [2.24, 2.45) is 0 Å². The molecule has 0 aliphatic carbocycles. The molecule has 3 heteroatoms. The Balaban J connectivity index is 1.47. The lowest BCUT2D eigenvalue weighted by molar-refractivity contribution is 1.19. The van der Waals surface area contributed by atoms with Crippen molar-refractivity contribution in [1.29, 1.82) is 0 Å². The fourth-order valence-electron chi connectivity index (χ4n) is 6.43. The zero-order valence-corrected chi connectivity index (χ0v) is 20.5. The molecule has 0 saturated heterocycles. The Hall–Kier alpha value is -5.15. The fourth-order valence-corrected chi connectivity index (χ4v) is 6.43. The molecule has 3 nitrogen and oxygen atoms in total. The zero-order valence-electron chi connectivity index (χ0n) is 20.5. The third-order valence-electron chi connectivity index (χ3n) is 8.06. The third-order valence-corrected chi connectivity index (χ3v) is 8.06. The van der Waals surface area contributed by atoms with E-state index in [9.17, 15) is 0 Å². The summed E-state index contributed by atoms with van der Waals surface area (Å²) in [6.45, 7) is 0. The second-order valence-electron chi connectivity index (χ2n) is 10.0. The molecule has 3 heterocycles. The fraction of sp³-hybridized carbons (Fsp3) is 0. The van der Waals surface area contributed by atoms with Crippen LogP contribution in [0.3, 0.4) is 0 Å². The summed E-state index contributed by atoms with van der Waals surface area (Å²) in [5, 5.41) is 8.67. The van der Waals surface area contributed by atoms with Crippen LogP contribution in [-0.4, -0.2) is 14.0 Å². The van der Waals surface area contributed by atoms with Crippen LogP contribution in [0.5, 0.6) is 0 Å². The van der Waals surface area contributed by atoms with Gasteiger partial charge in [0, 0.05) is 32.6 Å². The van der Waals surface area contributed by atoms with Gasteiger partial charge in [-0.25, -0.2) is 4.98 Å². The SMILES string of the molecule is c1ccc2c(c1)ccc1c3ccccc3n(-c3ccc4c(c3)c3ccccc3n3c5ccccc5nc43)c21. The lowest BCUT2D eigenvalue weighted by atomic mass is 10.0. The quantitative estimate of drug-likeness (QED) is 0.214. The van der Waals surface area contributed by atoms with E-state index in [1.165, 1.54) is 48.9 Å². The van der Waals surface area contributed by atoms with Crippen molar-refractivity contribution in [1.82, 2.24) is 14.0 Å². The van der Waals surface area contributed by atoms with Gasteiger partial charge in [0.25, 0.3) is 0 Å². The lowest BCUT2D eigenvalue weighted by Crippen LogP contribution is -1.96. The Morgan fingerprint density at radius 1 is 0.447 bits per heavy atom. The van der Waals surface area contributed by atoms with Crippen LogP contribution in [0.15, 0.2) is 127 Å². The van der Waals surface area contributed by atoms with Gasteiger partial charge in [0.2, 0.25) is 0 Å². The number of fused-ring (bicyclic) bond motifs is 13. The molecule has 0 radical (unpaired) electrons. The number of rotatable bonds is 1. The molecule has 0 unspecified atom stereocenters. The summed E-state index contributed by atoms with van der Waals surface area (Å²) in [6, 6.07) is 45.9. The first-order valence-corrected chi connectivity index (χ1v) is 13.0. The summed E-state index contributed by atoms with van der Waals surface area (Å²) in [5.74, 6) is 0. The van der Waals surface area contributed by atoms with E-state index in [-0.39, 0.29) is 0 Å². The van der Waals surface area contributed by atoms with Crippen LogP contribution in [0.2, 0.25) is 0 Å². The van der Waals surface area contributed by atoms with Crippen molar-refractivity contribution in [2.45, 2.75) is 0 Å². The summed E-state index contributed by atoms with van der Waals surface area (Å²) in [6.07, 6.45) is 0. The van der Waals surface area contributed by atoms with Crippen LogP contribution < -0.4 is 0 Å². The molecule has 9 aromatic rings. The number of pyridine rings is 1. The summed E-state index contributed by atoms with van der Waals surface area (Å²) in [4.78, 5) is 5.08. The molecular weight excluding hydrogens is 462 g/mol. The molecule has 0 fully saturated rings. The average molecular weight is 484 g/mol. The molecule has 0 amide bonds. The van der Waals surface area contributed by atoms with Crippen molar-refractivity contribution in [2.75, 3.05) is 0 Å². The van der Waals surface area contributed by atoms with Gasteiger partial charge in [-0.1, -0.05) is 84.9 Å². The molecule has 176 valence electrons. The van der Waals surface area contributed by atoms with Crippen LogP contribution in [0.1, 0.15) is 0 Å². The van der Waals surface area contributed by atoms with Gasteiger partial charge < -0.3 is 4.57 Å². The Labute approximate surface area is 217 Å². The van der Waals surface area contributed by atoms with Crippen LogP contribution in [0, 0.1) is 0 Å². The zero-order chi connectivity index (χ0) is 24.8. The molecule has 0 bridgehead atoms. The Kier molecular flexibility index (Phi) is 3.79. The van der Waals surface area contributed by atoms with Crippen molar-refractivity contribution >= 4 is 70.9 Å². The molecule has 38 heavy (non-hydrogen) atoms. The summed E-state index contributed by atoms with van der Waals surface area (Å²) in [5.41, 5.74) is 7.95. The minimum atomic E-state index is 0.999. The predicted octanol–water partition coefficient (Wildman–Crippen LogP) is 9.04. The Morgan fingerprint density at radius 2 is 1.11 bits per heavy atom. The lowest BCUT2D eigenvalue weighted by Gasteiger charge is -2.13. The Bertz CT molecular complexity index is 2410. The molecular formula is C35H21N3. The van der Waals surface area contributed by atoms with Gasteiger partial charge in [0.05, 0.1) is 27.6 Å². The maximum absolute atomic E-state index is 5.08. The topological polar surface area (TPSA) is 22.2 Å². The van der Waals surface area contributed by atoms with Crippen LogP contribution >= 0.6 is 0 Å². The number of hydrogen-bond donors (Lipinski definition) is 0. The molecule has 9 rings (SSSR count). The number of nitrogens with zero attached hydrogens (tertiary/aromatic N) is 3. The minimum Gasteiger partial charge on any atom is -0.309 e. The van der Waals surface area contributed by atoms with Crippen molar-refractivity contribution in [3.05, 3.63) is 127 Å². The number of hydrogen-bond acceptors (Lipinski definition) is 1. The van der Waals surface area contributed by atoms with E-state index in [1.807, 2.05) is 0 Å². The second-order valence-corrected chi connectivity index (χ2v) is 10.0. The molecule has 3 aromatic heterocycles. The standard InChI is InChI=1S/C35H21N3/c1-2-10-24-22(9-1)17-19-27-25-11-3-6-14-31(25)37(34(24)27)23-18-20-28-29(21-23)26-12-4-7-15-32(26)38-33-16-8-5-13-30(33)36-35(28)38/h1-21H. The van der Waals surface area contributed by atoms with E-state index in [0.717, 1.165) is 27.8 Å². The maximum Gasteiger partial charge on any atom is 0.146 e. The summed E-state index contributed by atoms with van der Waals surface area (Å²) < 4.78 is 4.74. The highest BCUT2D eigenvalue weighted by molar-refractivity contribution is 6.19. The molecule has 0 aliphatic heterocycles. The Morgan fingerprint density at radius 3 is 1.97 bits per heavy atom. The third kappa shape index (κ3) is 2.50. The number of imidazole rings is 1. The number of benzene rings is 6. The highest BCUT2D eigenvalue weighted by Crippen LogP contribution is 2.39. The highest BCUT2D eigenvalue weighted by atomic mass is 15.0. The van der Waals surface area contributed by atoms with Crippen molar-refractivity contribution in [3.63, 3.8) is 0 Å². The number of aromatic nitrogens is 3. The van der Waals surface area contributed by atoms with E-state index in [2.05, 4.69) is 136 Å². The van der Waals surface area contributed by atoms with Crippen LogP contribution in [-0.2, 0) is 0 Å². The van der Waals surface area contributed by atoms with Gasteiger partial charge >= 0.3 is 0 Å². The average Bonchev–Trinajstić information content (AvgIpc) is 3.54. The molecule has 0 atom stereocenters. The van der Waals surface area contributed by atoms with Crippen molar-refractivity contribution < 1.29 is 0 Å². The second kappa shape index (κ2) is 7.21. The first-order chi connectivity index (χ1) is 18.9. The summed E-state index contributed by atoms with van der Waals surface area (Å²) >= 11 is 0. The first-order valence-electron chi connectivity index (χ1n) is 13.0. The van der Waals surface area contributed by atoms with E-state index < -0.39 is 0 Å². The van der Waals surface area contributed by atoms with Gasteiger partial charge in [-0.15, -0.1) is 0 Å². The van der Waals surface area contributed by atoms with Gasteiger partial charge in [-0.3, -0.25) is 4.40 Å². The highest BCUT2D eigenvalue weighted by Gasteiger charge is 2.17. The van der Waals surface area contributed by atoms with E-state index in [0.29, 0.717) is 0 Å². The molecule has 0 N–H and O–H groups in total. The van der Waals surface area contributed by atoms with Crippen molar-refractivity contribution in [3.8, 4) is 5.69 Å². The molecule has 0 aliphatic rings. The summed E-state index contributed by atoms with van der Waals surface area (Å²) in [7, 11) is 0. The van der Waals surface area contributed by atoms with Crippen LogP contribution in [0.4, 0.5) is 0 Å². The minimum absolute atomic E-state index is 0.999. The van der Waals surface area contributed by atoms with Gasteiger partial charge in [-0.2, -0.15) is 0 Å². The molecule has 6 aromatic carbocycles. The normalized spacial score (nSPS) is 12.2. The van der Waals surface area contributed by atoms with E-state index >= 15 is 0 Å². The van der Waals surface area contributed by atoms with Gasteiger partial charge in [0.1, 0.15) is 5.65 Å². The van der Waals surface area contributed by atoms with E-state index in [1.54, 1.807) is 0 Å². The van der Waals surface area contributed by atoms with Gasteiger partial charge in [0.15, 0.2) is 0 Å². The first kappa shape index (κ1) is 20.0. The molecule has 0 saturated carbocycles.